The number of aromatic nitrogens is 1. The second-order valence-electron chi connectivity index (χ2n) is 3.78. The van der Waals surface area contributed by atoms with Crippen LogP contribution in [0.2, 0.25) is 5.02 Å². The van der Waals surface area contributed by atoms with Crippen LogP contribution in [0.15, 0.2) is 12.3 Å². The van der Waals surface area contributed by atoms with Gasteiger partial charge in [-0.05, 0) is 12.5 Å². The summed E-state index contributed by atoms with van der Waals surface area (Å²) in [5.41, 5.74) is 0.279. The number of carbonyl (C=O) groups excluding carboxylic acids is 1. The normalized spacial score (nSPS) is 12.2. The molecule has 1 amide bonds. The lowest BCUT2D eigenvalue weighted by molar-refractivity contribution is -0.140. The molecule has 0 aliphatic carbocycles. The van der Waals surface area contributed by atoms with Crippen LogP contribution < -0.4 is 5.32 Å². The van der Waals surface area contributed by atoms with E-state index in [4.69, 9.17) is 21.8 Å². The standard InChI is InChI=1S/C11H15ClN2O4/c1-2-3-14-5-7(12)4-9(14)10(16)13-8(6-15)11(17)18/h4-5,8,15H,2-3,6H2,1H3,(H,13,16)(H,17,18)/t8-/m1/s1. The molecular weight excluding hydrogens is 260 g/mol. The molecule has 1 atom stereocenters. The lowest BCUT2D eigenvalue weighted by Crippen LogP contribution is -2.43. The third-order valence-corrected chi connectivity index (χ3v) is 2.55. The molecule has 7 heteroatoms. The maximum Gasteiger partial charge on any atom is 0.328 e. The first-order valence-electron chi connectivity index (χ1n) is 5.49. The molecule has 0 aliphatic rings. The van der Waals surface area contributed by atoms with Gasteiger partial charge in [-0.25, -0.2) is 4.79 Å². The number of nitrogens with one attached hydrogen (secondary N) is 1. The summed E-state index contributed by atoms with van der Waals surface area (Å²) in [6, 6.07) is 0.143. The molecule has 1 aromatic rings. The highest BCUT2D eigenvalue weighted by molar-refractivity contribution is 6.31. The molecule has 0 bridgehead atoms. The summed E-state index contributed by atoms with van der Waals surface area (Å²) in [7, 11) is 0. The quantitative estimate of drug-likeness (QED) is 0.713. The zero-order chi connectivity index (χ0) is 13.7. The van der Waals surface area contributed by atoms with Crippen molar-refractivity contribution in [2.45, 2.75) is 25.9 Å². The minimum atomic E-state index is -1.32. The zero-order valence-corrected chi connectivity index (χ0v) is 10.6. The molecule has 0 radical (unpaired) electrons. The van der Waals surface area contributed by atoms with Crippen LogP contribution in [0, 0.1) is 0 Å². The molecule has 100 valence electrons. The number of halogens is 1. The van der Waals surface area contributed by atoms with Crippen molar-refractivity contribution in [2.24, 2.45) is 0 Å². The summed E-state index contributed by atoms with van der Waals surface area (Å²) in [4.78, 5) is 22.6. The van der Waals surface area contributed by atoms with Gasteiger partial charge in [0.05, 0.1) is 11.6 Å². The first-order valence-corrected chi connectivity index (χ1v) is 5.87. The first kappa shape index (κ1) is 14.5. The third kappa shape index (κ3) is 3.48. The van der Waals surface area contributed by atoms with E-state index in [1.807, 2.05) is 6.92 Å². The Balaban J connectivity index is 2.86. The molecule has 3 N–H and O–H groups in total. The van der Waals surface area contributed by atoms with E-state index >= 15 is 0 Å². The molecule has 1 rings (SSSR count). The van der Waals surface area contributed by atoms with E-state index in [0.29, 0.717) is 11.6 Å². The van der Waals surface area contributed by atoms with E-state index in [1.165, 1.54) is 6.07 Å². The highest BCUT2D eigenvalue weighted by Crippen LogP contribution is 2.14. The van der Waals surface area contributed by atoms with Crippen LogP contribution >= 0.6 is 11.6 Å². The van der Waals surface area contributed by atoms with E-state index in [2.05, 4.69) is 5.32 Å². The molecule has 1 heterocycles. The second kappa shape index (κ2) is 6.42. The van der Waals surface area contributed by atoms with Gasteiger partial charge in [0.1, 0.15) is 5.69 Å². The number of carbonyl (C=O) groups is 2. The Morgan fingerprint density at radius 2 is 2.22 bits per heavy atom. The Bertz CT molecular complexity index is 444. The lowest BCUT2D eigenvalue weighted by Gasteiger charge is -2.13. The SMILES string of the molecule is CCCn1cc(Cl)cc1C(=O)N[C@H](CO)C(=O)O. The van der Waals surface area contributed by atoms with Gasteiger partial charge >= 0.3 is 5.97 Å². The van der Waals surface area contributed by atoms with Crippen LogP contribution in [0.5, 0.6) is 0 Å². The van der Waals surface area contributed by atoms with Crippen molar-refractivity contribution < 1.29 is 19.8 Å². The molecule has 18 heavy (non-hydrogen) atoms. The summed E-state index contributed by atoms with van der Waals surface area (Å²) >= 11 is 5.81. The lowest BCUT2D eigenvalue weighted by atomic mass is 10.3. The molecule has 0 aromatic carbocycles. The molecule has 0 unspecified atom stereocenters. The van der Waals surface area contributed by atoms with Crippen molar-refractivity contribution in [3.8, 4) is 0 Å². The minimum absolute atomic E-state index is 0.279. The highest BCUT2D eigenvalue weighted by Gasteiger charge is 2.21. The van der Waals surface area contributed by atoms with E-state index in [9.17, 15) is 9.59 Å². The Labute approximate surface area is 109 Å². The minimum Gasteiger partial charge on any atom is -0.480 e. The van der Waals surface area contributed by atoms with Crippen LogP contribution in [-0.4, -0.2) is 39.3 Å². The Kier molecular flexibility index (Phi) is 5.18. The second-order valence-corrected chi connectivity index (χ2v) is 4.22. The fourth-order valence-electron chi connectivity index (χ4n) is 1.51. The maximum atomic E-state index is 11.9. The number of hydrogen-bond donors (Lipinski definition) is 3. The number of amides is 1. The molecule has 0 saturated heterocycles. The number of carboxylic acids is 1. The predicted molar refractivity (Wildman–Crippen MR) is 65.7 cm³/mol. The maximum absolute atomic E-state index is 11.9. The number of aliphatic carboxylic acids is 1. The van der Waals surface area contributed by atoms with Gasteiger partial charge in [0.25, 0.3) is 5.91 Å². The van der Waals surface area contributed by atoms with Gasteiger partial charge in [0.15, 0.2) is 6.04 Å². The summed E-state index contributed by atoms with van der Waals surface area (Å²) < 4.78 is 1.65. The summed E-state index contributed by atoms with van der Waals surface area (Å²) in [5, 5.41) is 20.2. The number of hydrogen-bond acceptors (Lipinski definition) is 3. The molecule has 0 spiro atoms. The molecule has 1 aromatic heterocycles. The smallest absolute Gasteiger partial charge is 0.328 e. The van der Waals surface area contributed by atoms with E-state index in [-0.39, 0.29) is 5.69 Å². The van der Waals surface area contributed by atoms with E-state index in [0.717, 1.165) is 6.42 Å². The first-order chi connectivity index (χ1) is 8.49. The molecule has 6 nitrogen and oxygen atoms in total. The average Bonchev–Trinajstić information content (AvgIpc) is 2.67. The van der Waals surface area contributed by atoms with Crippen molar-refractivity contribution in [1.82, 2.24) is 9.88 Å². The number of aliphatic hydroxyl groups is 1. The van der Waals surface area contributed by atoms with Gasteiger partial charge in [-0.15, -0.1) is 0 Å². The molecular formula is C11H15ClN2O4. The van der Waals surface area contributed by atoms with Gasteiger partial charge in [-0.2, -0.15) is 0 Å². The average molecular weight is 275 g/mol. The Morgan fingerprint density at radius 3 is 2.72 bits per heavy atom. The summed E-state index contributed by atoms with van der Waals surface area (Å²) in [6.07, 6.45) is 2.42. The highest BCUT2D eigenvalue weighted by atomic mass is 35.5. The number of rotatable bonds is 6. The van der Waals surface area contributed by atoms with Crippen LogP contribution in [-0.2, 0) is 11.3 Å². The fraction of sp³-hybridized carbons (Fsp3) is 0.455. The number of aryl methyl sites for hydroxylation is 1. The largest absolute Gasteiger partial charge is 0.480 e. The third-order valence-electron chi connectivity index (χ3n) is 2.35. The van der Waals surface area contributed by atoms with Gasteiger partial charge in [0.2, 0.25) is 0 Å². The van der Waals surface area contributed by atoms with Gasteiger partial charge in [-0.3, -0.25) is 4.79 Å². The van der Waals surface area contributed by atoms with Gasteiger partial charge in [-0.1, -0.05) is 18.5 Å². The molecule has 0 aliphatic heterocycles. The van der Waals surface area contributed by atoms with Crippen LogP contribution in [0.1, 0.15) is 23.8 Å². The van der Waals surface area contributed by atoms with Crippen molar-refractivity contribution in [2.75, 3.05) is 6.61 Å². The van der Waals surface area contributed by atoms with Crippen molar-refractivity contribution in [3.05, 3.63) is 23.0 Å². The molecule has 0 fully saturated rings. The van der Waals surface area contributed by atoms with Crippen LogP contribution in [0.4, 0.5) is 0 Å². The van der Waals surface area contributed by atoms with Gasteiger partial charge < -0.3 is 20.1 Å². The number of aliphatic hydroxyl groups excluding tert-OH is 1. The fourth-order valence-corrected chi connectivity index (χ4v) is 1.73. The van der Waals surface area contributed by atoms with Crippen LogP contribution in [0.3, 0.4) is 0 Å². The van der Waals surface area contributed by atoms with E-state index < -0.39 is 24.5 Å². The van der Waals surface area contributed by atoms with Crippen molar-refractivity contribution in [1.29, 1.82) is 0 Å². The predicted octanol–water partition coefficient (Wildman–Crippen LogP) is 0.727. The number of nitrogens with zero attached hydrogens (tertiary/aromatic N) is 1. The Morgan fingerprint density at radius 1 is 1.56 bits per heavy atom. The summed E-state index contributed by atoms with van der Waals surface area (Å²) in [6.45, 7) is 1.89. The van der Waals surface area contributed by atoms with Crippen LogP contribution in [0.25, 0.3) is 0 Å². The van der Waals surface area contributed by atoms with E-state index in [1.54, 1.807) is 10.8 Å². The molecule has 0 saturated carbocycles. The zero-order valence-electron chi connectivity index (χ0n) is 9.89. The monoisotopic (exact) mass is 274 g/mol. The topological polar surface area (TPSA) is 91.6 Å². The van der Waals surface area contributed by atoms with Gasteiger partial charge in [0, 0.05) is 12.7 Å². The van der Waals surface area contributed by atoms with Crippen molar-refractivity contribution >= 4 is 23.5 Å². The number of carboxylic acid groups (broad SMARTS) is 1. The summed E-state index contributed by atoms with van der Waals surface area (Å²) in [5.74, 6) is -1.86. The van der Waals surface area contributed by atoms with Crippen molar-refractivity contribution in [3.63, 3.8) is 0 Å². The Hall–Kier alpha value is -1.53.